The van der Waals surface area contributed by atoms with Crippen LogP contribution in [0, 0.1) is 11.6 Å². The number of rotatable bonds is 7. The number of carbonyl (C=O) groups is 3. The summed E-state index contributed by atoms with van der Waals surface area (Å²) >= 11 is 0. The number of nitrogens with zero attached hydrogens (tertiary/aromatic N) is 2. The van der Waals surface area contributed by atoms with Crippen molar-refractivity contribution in [2.45, 2.75) is 30.0 Å². The lowest BCUT2D eigenvalue weighted by Gasteiger charge is -2.36. The van der Waals surface area contributed by atoms with Gasteiger partial charge in [0.15, 0.2) is 0 Å². The second-order valence-corrected chi connectivity index (χ2v) is 9.85. The van der Waals surface area contributed by atoms with E-state index in [1.54, 1.807) is 4.90 Å². The minimum atomic E-state index is -4.46. The highest BCUT2D eigenvalue weighted by atomic mass is 32.2. The van der Waals surface area contributed by atoms with Gasteiger partial charge < -0.3 is 15.1 Å². The molecule has 1 fully saturated rings. The van der Waals surface area contributed by atoms with Gasteiger partial charge in [-0.3, -0.25) is 14.4 Å². The quantitative estimate of drug-likeness (QED) is 0.594. The van der Waals surface area contributed by atoms with E-state index in [4.69, 9.17) is 0 Å². The summed E-state index contributed by atoms with van der Waals surface area (Å²) in [5, 5.41) is 0.250. The van der Waals surface area contributed by atoms with Crippen LogP contribution in [0.1, 0.15) is 30.1 Å². The maximum Gasteiger partial charge on any atom is 0.261 e. The number of sulfone groups is 1. The van der Waals surface area contributed by atoms with Crippen LogP contribution in [-0.4, -0.2) is 67.5 Å². The van der Waals surface area contributed by atoms with Crippen molar-refractivity contribution in [3.05, 3.63) is 65.7 Å². The molecular weight excluding hydrogens is 468 g/mol. The van der Waals surface area contributed by atoms with E-state index in [9.17, 15) is 31.6 Å². The number of hydrogen-bond donors (Lipinski definition) is 1. The molecule has 1 aliphatic rings. The standard InChI is InChI=1S/C23H25F2N3O5S/c1-2-3-20(29)27-12-14-28(15-13-27)23(31)22(26-21(30)16-4-6-17(24)7-5-16)34(32,33)19-10-8-18(25)9-11-19/h4-11,22H,2-3,12-15H2,1H3,(H,26,30)/t22-/m1/s1. The highest BCUT2D eigenvalue weighted by molar-refractivity contribution is 7.92. The number of carbonyl (C=O) groups excluding carboxylic acids is 3. The number of benzene rings is 2. The van der Waals surface area contributed by atoms with Crippen LogP contribution < -0.4 is 5.32 Å². The summed E-state index contributed by atoms with van der Waals surface area (Å²) < 4.78 is 53.2. The van der Waals surface area contributed by atoms with Crippen LogP contribution in [-0.2, 0) is 19.4 Å². The fourth-order valence-corrected chi connectivity index (χ4v) is 5.01. The smallest absolute Gasteiger partial charge is 0.261 e. The Morgan fingerprint density at radius 3 is 1.91 bits per heavy atom. The predicted octanol–water partition coefficient (Wildman–Crippen LogP) is 1.97. The molecule has 8 nitrogen and oxygen atoms in total. The van der Waals surface area contributed by atoms with Crippen LogP contribution in [0.4, 0.5) is 8.78 Å². The van der Waals surface area contributed by atoms with Gasteiger partial charge in [-0.15, -0.1) is 0 Å². The molecule has 2 aromatic rings. The van der Waals surface area contributed by atoms with Crippen molar-refractivity contribution in [1.29, 1.82) is 0 Å². The Labute approximate surface area is 196 Å². The average Bonchev–Trinajstić information content (AvgIpc) is 2.83. The van der Waals surface area contributed by atoms with Crippen LogP contribution in [0.3, 0.4) is 0 Å². The summed E-state index contributed by atoms with van der Waals surface area (Å²) in [6.45, 7) is 2.54. The molecule has 0 saturated carbocycles. The Bertz CT molecular complexity index is 1150. The Morgan fingerprint density at radius 1 is 0.882 bits per heavy atom. The first-order valence-corrected chi connectivity index (χ1v) is 12.3. The molecule has 1 atom stereocenters. The molecule has 0 aliphatic carbocycles. The Kier molecular flexibility index (Phi) is 7.98. The third-order valence-electron chi connectivity index (χ3n) is 5.45. The van der Waals surface area contributed by atoms with E-state index < -0.39 is 38.7 Å². The van der Waals surface area contributed by atoms with Crippen molar-refractivity contribution in [2.75, 3.05) is 26.2 Å². The molecule has 1 heterocycles. The highest BCUT2D eigenvalue weighted by Gasteiger charge is 2.39. The molecule has 2 aromatic carbocycles. The van der Waals surface area contributed by atoms with Crippen LogP contribution in [0.2, 0.25) is 0 Å². The van der Waals surface area contributed by atoms with E-state index in [1.807, 2.05) is 6.92 Å². The SMILES string of the molecule is CCCC(=O)N1CCN(C(=O)[C@H](NC(=O)c2ccc(F)cc2)S(=O)(=O)c2ccc(F)cc2)CC1. The lowest BCUT2D eigenvalue weighted by Crippen LogP contribution is -2.57. The zero-order valence-electron chi connectivity index (χ0n) is 18.5. The molecule has 1 N–H and O–H groups in total. The van der Waals surface area contributed by atoms with E-state index in [2.05, 4.69) is 5.32 Å². The zero-order valence-corrected chi connectivity index (χ0v) is 19.4. The summed E-state index contributed by atoms with van der Waals surface area (Å²) in [4.78, 5) is 40.7. The zero-order chi connectivity index (χ0) is 24.9. The van der Waals surface area contributed by atoms with Gasteiger partial charge in [-0.25, -0.2) is 17.2 Å². The van der Waals surface area contributed by atoms with Gasteiger partial charge >= 0.3 is 0 Å². The largest absolute Gasteiger partial charge is 0.339 e. The van der Waals surface area contributed by atoms with Crippen LogP contribution >= 0.6 is 0 Å². The molecule has 1 aliphatic heterocycles. The van der Waals surface area contributed by atoms with Gasteiger partial charge in [0.2, 0.25) is 21.1 Å². The fourth-order valence-electron chi connectivity index (χ4n) is 3.55. The van der Waals surface area contributed by atoms with Crippen molar-refractivity contribution < 1.29 is 31.6 Å². The Hall–Kier alpha value is -3.34. The van der Waals surface area contributed by atoms with E-state index in [0.29, 0.717) is 12.8 Å². The van der Waals surface area contributed by atoms with Gasteiger partial charge in [0.25, 0.3) is 11.8 Å². The van der Waals surface area contributed by atoms with E-state index in [0.717, 1.165) is 48.5 Å². The van der Waals surface area contributed by atoms with E-state index in [1.165, 1.54) is 4.90 Å². The van der Waals surface area contributed by atoms with Crippen LogP contribution in [0.5, 0.6) is 0 Å². The molecule has 0 bridgehead atoms. The summed E-state index contributed by atoms with van der Waals surface area (Å²) in [6.07, 6.45) is 1.06. The second kappa shape index (κ2) is 10.7. The van der Waals surface area contributed by atoms with Crippen molar-refractivity contribution in [3.63, 3.8) is 0 Å². The number of nitrogens with one attached hydrogen (secondary N) is 1. The topological polar surface area (TPSA) is 104 Å². The minimum absolute atomic E-state index is 0.0384. The first-order valence-electron chi connectivity index (χ1n) is 10.8. The van der Waals surface area contributed by atoms with Gasteiger partial charge in [-0.2, -0.15) is 0 Å². The highest BCUT2D eigenvalue weighted by Crippen LogP contribution is 2.19. The van der Waals surface area contributed by atoms with Gasteiger partial charge in [0.05, 0.1) is 4.90 Å². The summed E-state index contributed by atoms with van der Waals surface area (Å²) in [5.74, 6) is -3.05. The summed E-state index contributed by atoms with van der Waals surface area (Å²) in [5.41, 5.74) is -0.0384. The normalized spacial score (nSPS) is 15.0. The van der Waals surface area contributed by atoms with Crippen LogP contribution in [0.25, 0.3) is 0 Å². The third-order valence-corrected chi connectivity index (χ3v) is 7.32. The number of amides is 3. The maximum absolute atomic E-state index is 13.3. The van der Waals surface area contributed by atoms with Gasteiger partial charge in [0.1, 0.15) is 11.6 Å². The molecule has 3 amide bonds. The first kappa shape index (κ1) is 25.3. The van der Waals surface area contributed by atoms with Crippen molar-refractivity contribution in [3.8, 4) is 0 Å². The minimum Gasteiger partial charge on any atom is -0.339 e. The lowest BCUT2D eigenvalue weighted by molar-refractivity contribution is -0.139. The average molecular weight is 494 g/mol. The van der Waals surface area contributed by atoms with Gasteiger partial charge in [0, 0.05) is 38.2 Å². The summed E-state index contributed by atoms with van der Waals surface area (Å²) in [6, 6.07) is 8.29. The monoisotopic (exact) mass is 493 g/mol. The number of halogens is 2. The second-order valence-electron chi connectivity index (χ2n) is 7.82. The van der Waals surface area contributed by atoms with E-state index >= 15 is 0 Å². The Balaban J connectivity index is 1.86. The molecule has 0 spiro atoms. The molecule has 34 heavy (non-hydrogen) atoms. The number of hydrogen-bond acceptors (Lipinski definition) is 5. The maximum atomic E-state index is 13.3. The molecule has 11 heteroatoms. The lowest BCUT2D eigenvalue weighted by atomic mass is 10.2. The molecular formula is C23H25F2N3O5S. The molecule has 3 rings (SSSR count). The van der Waals surface area contributed by atoms with Gasteiger partial charge in [-0.1, -0.05) is 6.92 Å². The predicted molar refractivity (Wildman–Crippen MR) is 119 cm³/mol. The molecule has 0 radical (unpaired) electrons. The van der Waals surface area contributed by atoms with Crippen molar-refractivity contribution >= 4 is 27.6 Å². The van der Waals surface area contributed by atoms with E-state index in [-0.39, 0.29) is 42.5 Å². The molecule has 0 unspecified atom stereocenters. The van der Waals surface area contributed by atoms with Gasteiger partial charge in [-0.05, 0) is 55.0 Å². The molecule has 0 aromatic heterocycles. The third kappa shape index (κ3) is 5.77. The molecule has 182 valence electrons. The van der Waals surface area contributed by atoms with Crippen LogP contribution in [0.15, 0.2) is 53.4 Å². The Morgan fingerprint density at radius 2 is 1.38 bits per heavy atom. The van der Waals surface area contributed by atoms with Crippen molar-refractivity contribution in [2.24, 2.45) is 0 Å². The number of piperazine rings is 1. The fraction of sp³-hybridized carbons (Fsp3) is 0.348. The van der Waals surface area contributed by atoms with Crippen molar-refractivity contribution in [1.82, 2.24) is 15.1 Å². The summed E-state index contributed by atoms with van der Waals surface area (Å²) in [7, 11) is -4.46. The molecule has 1 saturated heterocycles. The first-order chi connectivity index (χ1) is 16.1.